The number of carbonyl (C=O) groups is 1. The van der Waals surface area contributed by atoms with Crippen LogP contribution in [0.4, 0.5) is 0 Å². The number of aliphatic hydroxyl groups excluding tert-OH is 7. The number of carbonyl (C=O) groups excluding carboxylic acids is 1. The summed E-state index contributed by atoms with van der Waals surface area (Å²) >= 11 is 0. The zero-order valence-electron chi connectivity index (χ0n) is 57.7. The van der Waals surface area contributed by atoms with E-state index in [0.29, 0.717) is 12.8 Å². The molecule has 0 aliphatic carbocycles. The van der Waals surface area contributed by atoms with Crippen LogP contribution in [-0.4, -0.2) is 110 Å². The molecule has 9 unspecified atom stereocenters. The minimum Gasteiger partial charge on any atom is -0.394 e. The lowest BCUT2D eigenvalue weighted by Crippen LogP contribution is -2.60. The van der Waals surface area contributed by atoms with Gasteiger partial charge in [0.15, 0.2) is 6.29 Å². The highest BCUT2D eigenvalue weighted by atomic mass is 16.7. The van der Waals surface area contributed by atoms with Crippen LogP contribution in [0.25, 0.3) is 0 Å². The van der Waals surface area contributed by atoms with Crippen LogP contribution in [0.3, 0.4) is 0 Å². The first kappa shape index (κ1) is 84.3. The maximum absolute atomic E-state index is 13.3. The van der Waals surface area contributed by atoms with Crippen LogP contribution in [0.5, 0.6) is 0 Å². The highest BCUT2D eigenvalue weighted by Crippen LogP contribution is 2.24. The topological polar surface area (TPSA) is 189 Å². The maximum Gasteiger partial charge on any atom is 0.249 e. The van der Waals surface area contributed by atoms with E-state index in [4.69, 9.17) is 9.47 Å². The van der Waals surface area contributed by atoms with Crippen molar-refractivity contribution in [1.82, 2.24) is 5.32 Å². The first-order valence-corrected chi connectivity index (χ1v) is 38.4. The lowest BCUT2D eigenvalue weighted by Gasteiger charge is -2.40. The number of ether oxygens (including phenoxy) is 2. The van der Waals surface area contributed by atoms with Gasteiger partial charge in [0.25, 0.3) is 0 Å². The molecule has 0 bridgehead atoms. The largest absolute Gasteiger partial charge is 0.394 e. The monoisotopic (exact) mass is 1250 g/mol. The van der Waals surface area contributed by atoms with Crippen LogP contribution in [0.2, 0.25) is 0 Å². The smallest absolute Gasteiger partial charge is 0.249 e. The summed E-state index contributed by atoms with van der Waals surface area (Å²) in [6, 6.07) is -1.19. The van der Waals surface area contributed by atoms with Gasteiger partial charge in [0.05, 0.1) is 25.4 Å². The van der Waals surface area contributed by atoms with E-state index >= 15 is 0 Å². The molecule has 88 heavy (non-hydrogen) atoms. The predicted octanol–water partition coefficient (Wildman–Crippen LogP) is 19.3. The molecule has 0 radical (unpaired) electrons. The van der Waals surface area contributed by atoms with Gasteiger partial charge in [-0.25, -0.2) is 0 Å². The van der Waals surface area contributed by atoms with Gasteiger partial charge < -0.3 is 50.5 Å². The number of amides is 1. The molecule has 520 valence electrons. The zero-order valence-corrected chi connectivity index (χ0v) is 57.7. The van der Waals surface area contributed by atoms with E-state index in [1.54, 1.807) is 0 Å². The Balaban J connectivity index is 2.15. The Morgan fingerprint density at radius 3 is 1.05 bits per heavy atom. The van der Waals surface area contributed by atoms with Crippen molar-refractivity contribution in [3.8, 4) is 0 Å². The third-order valence-electron chi connectivity index (χ3n) is 18.7. The van der Waals surface area contributed by atoms with Gasteiger partial charge in [0.2, 0.25) is 5.91 Å². The van der Waals surface area contributed by atoms with Gasteiger partial charge in [-0.2, -0.15) is 0 Å². The molecule has 1 amide bonds. The zero-order chi connectivity index (χ0) is 63.9. The second kappa shape index (κ2) is 65.4. The van der Waals surface area contributed by atoms with E-state index in [-0.39, 0.29) is 12.8 Å². The van der Waals surface area contributed by atoms with Crippen LogP contribution in [0.15, 0.2) is 36.5 Å². The third kappa shape index (κ3) is 51.8. The quantitative estimate of drug-likeness (QED) is 0.0215. The van der Waals surface area contributed by atoms with Crippen molar-refractivity contribution in [2.24, 2.45) is 0 Å². The highest BCUT2D eigenvalue weighted by Gasteiger charge is 2.44. The van der Waals surface area contributed by atoms with Gasteiger partial charge in [-0.3, -0.25) is 4.79 Å². The van der Waals surface area contributed by atoms with Crippen molar-refractivity contribution in [3.63, 3.8) is 0 Å². The van der Waals surface area contributed by atoms with Gasteiger partial charge in [0, 0.05) is 0 Å². The Kier molecular flexibility index (Phi) is 62.7. The number of rotatable bonds is 68. The van der Waals surface area contributed by atoms with Crippen LogP contribution in [0.1, 0.15) is 380 Å². The van der Waals surface area contributed by atoms with Crippen LogP contribution >= 0.6 is 0 Å². The number of unbranched alkanes of at least 4 members (excludes halogenated alkanes) is 50. The second-order valence-electron chi connectivity index (χ2n) is 27.1. The molecule has 1 aliphatic heterocycles. The van der Waals surface area contributed by atoms with Crippen molar-refractivity contribution < 1.29 is 50.0 Å². The molecule has 8 N–H and O–H groups in total. The van der Waals surface area contributed by atoms with Gasteiger partial charge in [-0.05, 0) is 70.6 Å². The summed E-state index contributed by atoms with van der Waals surface area (Å²) in [5, 5.41) is 76.6. The van der Waals surface area contributed by atoms with Crippen molar-refractivity contribution in [1.29, 1.82) is 0 Å². The molecule has 0 aromatic heterocycles. The van der Waals surface area contributed by atoms with E-state index in [1.807, 2.05) is 0 Å². The van der Waals surface area contributed by atoms with Gasteiger partial charge >= 0.3 is 0 Å². The van der Waals surface area contributed by atoms with E-state index in [9.17, 15) is 40.5 Å². The normalized spacial score (nSPS) is 18.8. The Labute approximate surface area is 543 Å². The fourth-order valence-corrected chi connectivity index (χ4v) is 12.5. The summed E-state index contributed by atoms with van der Waals surface area (Å²) in [6.45, 7) is 3.51. The van der Waals surface area contributed by atoms with Gasteiger partial charge in [-0.1, -0.05) is 346 Å². The summed E-state index contributed by atoms with van der Waals surface area (Å²) in [6.07, 6.45) is 74.0. The fraction of sp³-hybridized carbons (Fsp3) is 0.909. The van der Waals surface area contributed by atoms with Crippen LogP contribution in [-0.2, 0) is 14.3 Å². The summed E-state index contributed by atoms with van der Waals surface area (Å²) in [5.74, 6) is -0.700. The SMILES string of the molecule is CCCCCCCCCCCCCCC/C=C\C/C=C\CCCCCCCCCCCCCCCCCCC(O)C(=O)NC(COC1OC(CO)C(O)C(O)C1O)C(O)C(O)CCC/C=C/CCCCCCCCCCCCCCCCCCCCCC. The number of allylic oxidation sites excluding steroid dienone is 6. The first-order valence-electron chi connectivity index (χ1n) is 38.4. The van der Waals surface area contributed by atoms with E-state index in [1.165, 1.54) is 295 Å². The fourth-order valence-electron chi connectivity index (χ4n) is 12.5. The number of hydrogen-bond acceptors (Lipinski definition) is 10. The molecule has 0 aromatic rings. The second-order valence-corrected chi connectivity index (χ2v) is 27.1. The predicted molar refractivity (Wildman–Crippen MR) is 372 cm³/mol. The molecule has 0 spiro atoms. The van der Waals surface area contributed by atoms with Gasteiger partial charge in [-0.15, -0.1) is 0 Å². The standard InChI is InChI=1S/C77H147NO10/c1-3-5-7-9-11-13-15-17-19-21-23-25-27-29-30-31-32-33-34-35-36-37-38-39-41-43-45-47-49-51-53-55-57-59-61-63-65-70(81)76(86)78-68(67-87-77-75(85)74(84)73(83)71(66-79)88-77)72(82)69(80)64-62-60-58-56-54-52-50-48-46-44-42-40-28-26-24-22-20-18-16-14-12-10-8-6-4-2/h30-31,33-34,56,58,68-75,77,79-85H,3-29,32,35-55,57,59-67H2,1-2H3,(H,78,86)/b31-30-,34-33-,58-56+. The molecule has 1 heterocycles. The van der Waals surface area contributed by atoms with E-state index in [0.717, 1.165) is 44.9 Å². The van der Waals surface area contributed by atoms with Crippen LogP contribution in [0, 0.1) is 0 Å². The molecule has 0 saturated carbocycles. The highest BCUT2D eigenvalue weighted by molar-refractivity contribution is 5.80. The van der Waals surface area contributed by atoms with Crippen LogP contribution < -0.4 is 5.32 Å². The molecule has 1 saturated heterocycles. The van der Waals surface area contributed by atoms with E-state index < -0.39 is 74.2 Å². The summed E-state index contributed by atoms with van der Waals surface area (Å²) < 4.78 is 11.2. The average molecular weight is 1250 g/mol. The molecular weight excluding hydrogens is 1100 g/mol. The number of aliphatic hydroxyl groups is 7. The number of hydrogen-bond donors (Lipinski definition) is 8. The number of nitrogens with one attached hydrogen (secondary N) is 1. The van der Waals surface area contributed by atoms with Crippen molar-refractivity contribution in [2.45, 2.75) is 435 Å². The Morgan fingerprint density at radius 1 is 0.398 bits per heavy atom. The molecule has 9 atom stereocenters. The average Bonchev–Trinajstić information content (AvgIpc) is 2.78. The van der Waals surface area contributed by atoms with Gasteiger partial charge in [0.1, 0.15) is 36.6 Å². The molecule has 11 nitrogen and oxygen atoms in total. The molecular formula is C77H147NO10. The molecule has 0 aromatic carbocycles. The van der Waals surface area contributed by atoms with Crippen molar-refractivity contribution in [3.05, 3.63) is 36.5 Å². The Hall–Kier alpha value is -1.67. The first-order chi connectivity index (χ1) is 43.2. The molecule has 1 fully saturated rings. The minimum atomic E-state index is -1.67. The maximum atomic E-state index is 13.3. The van der Waals surface area contributed by atoms with Crippen molar-refractivity contribution in [2.75, 3.05) is 13.2 Å². The summed E-state index contributed by atoms with van der Waals surface area (Å²) in [5.41, 5.74) is 0. The Bertz CT molecular complexity index is 1530. The molecule has 1 aliphatic rings. The molecule has 11 heteroatoms. The lowest BCUT2D eigenvalue weighted by atomic mass is 9.98. The van der Waals surface area contributed by atoms with Crippen molar-refractivity contribution >= 4 is 5.91 Å². The van der Waals surface area contributed by atoms with E-state index in [2.05, 4.69) is 55.6 Å². The Morgan fingerprint density at radius 2 is 0.705 bits per heavy atom. The minimum absolute atomic E-state index is 0.256. The summed E-state index contributed by atoms with van der Waals surface area (Å²) in [7, 11) is 0. The lowest BCUT2D eigenvalue weighted by molar-refractivity contribution is -0.303. The molecule has 1 rings (SSSR count). The third-order valence-corrected chi connectivity index (χ3v) is 18.7. The summed E-state index contributed by atoms with van der Waals surface area (Å²) in [4.78, 5) is 13.3.